The van der Waals surface area contributed by atoms with Crippen LogP contribution in [0, 0.1) is 6.92 Å². The minimum atomic E-state index is -0.997. The molecule has 188 valence electrons. The molecule has 1 atom stereocenters. The summed E-state index contributed by atoms with van der Waals surface area (Å²) in [5, 5.41) is 21.8. The van der Waals surface area contributed by atoms with Gasteiger partial charge in [0.1, 0.15) is 11.5 Å². The maximum atomic E-state index is 13.4. The first-order valence-corrected chi connectivity index (χ1v) is 12.4. The van der Waals surface area contributed by atoms with Crippen LogP contribution in [0.5, 0.6) is 17.2 Å². The van der Waals surface area contributed by atoms with Crippen molar-refractivity contribution in [2.75, 3.05) is 18.6 Å². The molecule has 5 rings (SSSR count). The van der Waals surface area contributed by atoms with Gasteiger partial charge in [-0.1, -0.05) is 23.5 Å². The molecule has 0 aliphatic carbocycles. The van der Waals surface area contributed by atoms with Gasteiger partial charge >= 0.3 is 5.91 Å². The van der Waals surface area contributed by atoms with Gasteiger partial charge < -0.3 is 19.7 Å². The van der Waals surface area contributed by atoms with E-state index in [-0.39, 0.29) is 22.8 Å². The van der Waals surface area contributed by atoms with E-state index < -0.39 is 17.7 Å². The molecule has 1 aliphatic heterocycles. The van der Waals surface area contributed by atoms with Gasteiger partial charge in [0.15, 0.2) is 16.6 Å². The number of aromatic hydroxyl groups is 1. The Morgan fingerprint density at radius 2 is 1.84 bits per heavy atom. The summed E-state index contributed by atoms with van der Waals surface area (Å²) in [5.41, 5.74) is 2.48. The van der Waals surface area contributed by atoms with E-state index in [0.717, 1.165) is 10.3 Å². The fourth-order valence-corrected chi connectivity index (χ4v) is 5.45. The first-order chi connectivity index (χ1) is 17.8. The average molecular weight is 517 g/mol. The number of Topliss-reactive ketones (excluding diaryl/α,β-unsaturated/α-hetero) is 1. The third kappa shape index (κ3) is 4.27. The number of phenolic OH excluding ortho intramolecular Hbond substituents is 1. The first kappa shape index (κ1) is 24.3. The molecule has 0 saturated carbocycles. The van der Waals surface area contributed by atoms with Gasteiger partial charge in [-0.05, 0) is 73.5 Å². The number of hydrogen-bond donors (Lipinski definition) is 2. The van der Waals surface area contributed by atoms with Crippen molar-refractivity contribution in [2.45, 2.75) is 19.9 Å². The number of carbonyl (C=O) groups excluding carboxylic acids is 2. The van der Waals surface area contributed by atoms with Gasteiger partial charge in [0.05, 0.1) is 35.5 Å². The molecule has 1 fully saturated rings. The molecule has 0 spiro atoms. The molecule has 1 aromatic heterocycles. The summed E-state index contributed by atoms with van der Waals surface area (Å²) in [6.45, 7) is 4.32. The van der Waals surface area contributed by atoms with E-state index in [9.17, 15) is 19.8 Å². The summed E-state index contributed by atoms with van der Waals surface area (Å²) in [6, 6.07) is 15.9. The smallest absolute Gasteiger partial charge is 0.301 e. The number of phenols is 1. The second-order valence-electron chi connectivity index (χ2n) is 8.53. The molecule has 1 amide bonds. The van der Waals surface area contributed by atoms with E-state index in [1.54, 1.807) is 36.4 Å². The quantitative estimate of drug-likeness (QED) is 0.202. The fraction of sp³-hybridized carbons (Fsp3) is 0.179. The third-order valence-corrected chi connectivity index (χ3v) is 7.16. The lowest BCUT2D eigenvalue weighted by Gasteiger charge is -2.23. The molecule has 1 unspecified atom stereocenters. The minimum absolute atomic E-state index is 0.0858. The number of nitrogens with zero attached hydrogens (tertiary/aromatic N) is 2. The van der Waals surface area contributed by atoms with E-state index in [4.69, 9.17) is 9.47 Å². The van der Waals surface area contributed by atoms with Crippen molar-refractivity contribution >= 4 is 44.1 Å². The number of anilines is 1. The molecule has 0 bridgehead atoms. The summed E-state index contributed by atoms with van der Waals surface area (Å²) < 4.78 is 11.6. The lowest BCUT2D eigenvalue weighted by Crippen LogP contribution is -2.29. The van der Waals surface area contributed by atoms with Crippen LogP contribution in [0.2, 0.25) is 0 Å². The number of aliphatic hydroxyl groups excluding tert-OH is 1. The molecular formula is C28H24N2O6S. The van der Waals surface area contributed by atoms with Crippen LogP contribution >= 0.6 is 11.3 Å². The molecule has 37 heavy (non-hydrogen) atoms. The Balaban J connectivity index is 1.71. The monoisotopic (exact) mass is 516 g/mol. The summed E-state index contributed by atoms with van der Waals surface area (Å²) in [4.78, 5) is 32.8. The molecule has 2 N–H and O–H groups in total. The van der Waals surface area contributed by atoms with Crippen LogP contribution in [0.4, 0.5) is 5.13 Å². The minimum Gasteiger partial charge on any atom is -0.507 e. The number of amides is 1. The number of aryl methyl sites for hydroxylation is 1. The predicted octanol–water partition coefficient (Wildman–Crippen LogP) is 5.34. The number of hydrogen-bond acceptors (Lipinski definition) is 8. The van der Waals surface area contributed by atoms with Crippen molar-refractivity contribution in [1.29, 1.82) is 0 Å². The zero-order valence-electron chi connectivity index (χ0n) is 20.4. The standard InChI is InChI=1S/C28H24N2O6S/c1-4-36-18-9-6-16(7-10-18)25(32)23-24(17-8-12-20(31)21(14-17)35-3)30(27(34)26(23)33)28-29-19-11-5-15(2)13-22(19)37-28/h5-14,24,31-32H,4H2,1-3H3. The molecule has 8 nitrogen and oxygen atoms in total. The van der Waals surface area contributed by atoms with Crippen LogP contribution in [0.3, 0.4) is 0 Å². The number of carbonyl (C=O) groups is 2. The summed E-state index contributed by atoms with van der Waals surface area (Å²) in [5.74, 6) is -1.27. The topological polar surface area (TPSA) is 109 Å². The molecular weight excluding hydrogens is 492 g/mol. The molecule has 9 heteroatoms. The maximum Gasteiger partial charge on any atom is 0.301 e. The number of methoxy groups -OCH3 is 1. The van der Waals surface area contributed by atoms with Gasteiger partial charge in [-0.2, -0.15) is 0 Å². The van der Waals surface area contributed by atoms with Crippen molar-refractivity contribution < 1.29 is 29.3 Å². The zero-order valence-corrected chi connectivity index (χ0v) is 21.2. The lowest BCUT2D eigenvalue weighted by molar-refractivity contribution is -0.132. The van der Waals surface area contributed by atoms with Gasteiger partial charge in [-0.15, -0.1) is 0 Å². The van der Waals surface area contributed by atoms with E-state index in [0.29, 0.717) is 34.1 Å². The number of benzene rings is 3. The van der Waals surface area contributed by atoms with E-state index >= 15 is 0 Å². The predicted molar refractivity (Wildman–Crippen MR) is 141 cm³/mol. The molecule has 1 saturated heterocycles. The number of rotatable bonds is 6. The summed E-state index contributed by atoms with van der Waals surface area (Å²) >= 11 is 1.28. The van der Waals surface area contributed by atoms with Gasteiger partial charge in [0.2, 0.25) is 0 Å². The largest absolute Gasteiger partial charge is 0.507 e. The van der Waals surface area contributed by atoms with Gasteiger partial charge in [0, 0.05) is 5.56 Å². The van der Waals surface area contributed by atoms with Crippen molar-refractivity contribution in [3.8, 4) is 17.2 Å². The van der Waals surface area contributed by atoms with Gasteiger partial charge in [-0.3, -0.25) is 14.5 Å². The summed E-state index contributed by atoms with van der Waals surface area (Å²) in [7, 11) is 1.41. The van der Waals surface area contributed by atoms with Crippen LogP contribution in [-0.2, 0) is 9.59 Å². The van der Waals surface area contributed by atoms with E-state index in [1.807, 2.05) is 32.0 Å². The Morgan fingerprint density at radius 1 is 1.08 bits per heavy atom. The normalized spacial score (nSPS) is 16.9. The lowest BCUT2D eigenvalue weighted by atomic mass is 9.95. The second-order valence-corrected chi connectivity index (χ2v) is 9.53. The number of ketones is 1. The molecule has 3 aromatic carbocycles. The zero-order chi connectivity index (χ0) is 26.3. The molecule has 0 radical (unpaired) electrons. The van der Waals surface area contributed by atoms with E-state index in [2.05, 4.69) is 4.98 Å². The Bertz CT molecular complexity index is 1560. The molecule has 1 aliphatic rings. The van der Waals surface area contributed by atoms with Crippen molar-refractivity contribution in [3.05, 3.63) is 82.9 Å². The van der Waals surface area contributed by atoms with Gasteiger partial charge in [-0.25, -0.2) is 4.98 Å². The van der Waals surface area contributed by atoms with Crippen LogP contribution in [-0.4, -0.2) is 40.6 Å². The number of thiazole rings is 1. The van der Waals surface area contributed by atoms with Crippen molar-refractivity contribution in [3.63, 3.8) is 0 Å². The number of aromatic nitrogens is 1. The van der Waals surface area contributed by atoms with E-state index in [1.165, 1.54) is 29.4 Å². The fourth-order valence-electron chi connectivity index (χ4n) is 4.36. The Kier molecular flexibility index (Phi) is 6.31. The second kappa shape index (κ2) is 9.59. The van der Waals surface area contributed by atoms with Crippen LogP contribution in [0.15, 0.2) is 66.2 Å². The van der Waals surface area contributed by atoms with Crippen LogP contribution in [0.25, 0.3) is 16.0 Å². The third-order valence-electron chi connectivity index (χ3n) is 6.14. The Labute approximate surface area is 217 Å². The molecule has 2 heterocycles. The number of fused-ring (bicyclic) bond motifs is 1. The highest BCUT2D eigenvalue weighted by molar-refractivity contribution is 7.22. The van der Waals surface area contributed by atoms with Crippen molar-refractivity contribution in [2.24, 2.45) is 0 Å². The first-order valence-electron chi connectivity index (χ1n) is 11.6. The van der Waals surface area contributed by atoms with Crippen molar-refractivity contribution in [1.82, 2.24) is 4.98 Å². The Morgan fingerprint density at radius 3 is 2.54 bits per heavy atom. The SMILES string of the molecule is CCOc1ccc(C(O)=C2C(=O)C(=O)N(c3nc4ccc(C)cc4s3)C2c2ccc(O)c(OC)c2)cc1. The Hall–Kier alpha value is -4.37. The molecule has 4 aromatic rings. The van der Waals surface area contributed by atoms with Gasteiger partial charge in [0.25, 0.3) is 5.78 Å². The highest BCUT2D eigenvalue weighted by Gasteiger charge is 2.48. The number of aliphatic hydroxyl groups is 1. The number of ether oxygens (including phenoxy) is 2. The van der Waals surface area contributed by atoms with Crippen LogP contribution < -0.4 is 14.4 Å². The average Bonchev–Trinajstić information content (AvgIpc) is 3.42. The highest BCUT2D eigenvalue weighted by atomic mass is 32.1. The summed E-state index contributed by atoms with van der Waals surface area (Å²) in [6.07, 6.45) is 0. The maximum absolute atomic E-state index is 13.4. The van der Waals surface area contributed by atoms with Crippen LogP contribution in [0.1, 0.15) is 29.7 Å². The highest BCUT2D eigenvalue weighted by Crippen LogP contribution is 2.45.